The van der Waals surface area contributed by atoms with Gasteiger partial charge < -0.3 is 5.11 Å². The van der Waals surface area contributed by atoms with Gasteiger partial charge in [0.2, 0.25) is 0 Å². The van der Waals surface area contributed by atoms with Crippen LogP contribution in [0.25, 0.3) is 33.3 Å². The summed E-state index contributed by atoms with van der Waals surface area (Å²) >= 11 is 0. The van der Waals surface area contributed by atoms with E-state index in [1.54, 1.807) is 5.20 Å². The van der Waals surface area contributed by atoms with Crippen LogP contribution < -0.4 is 10.4 Å². The van der Waals surface area contributed by atoms with Gasteiger partial charge in [0.1, 0.15) is 8.07 Å². The van der Waals surface area contributed by atoms with Gasteiger partial charge in [-0.1, -0.05) is 144 Å². The second-order valence-electron chi connectivity index (χ2n) is 15.6. The Kier molecular flexibility index (Phi) is 12.9. The molecule has 1 radical (unpaired) electrons. The van der Waals surface area contributed by atoms with Crippen LogP contribution in [0.4, 0.5) is 0 Å². The SMILES string of the molecule is CC(C)c1c2c([c-]c3ccccc13)-c1nccc3c1[Si](C)(C2)C(c1ccc([Si](C)(C)C)cc1)=C3.CCC(CC)C(=O)/C=C(\O)C(CC)CC.[Ir]. The first kappa shape index (κ1) is 39.9. The zero-order chi connectivity index (χ0) is 35.7. The number of carbonyl (C=O) groups excluding carboxylic acids is 1. The fraction of sp³-hybridized carbons (Fsp3) is 0.409. The molecular weight excluding hydrogens is 823 g/mol. The van der Waals surface area contributed by atoms with Crippen molar-refractivity contribution >= 4 is 54.3 Å². The molecule has 1 atom stereocenters. The summed E-state index contributed by atoms with van der Waals surface area (Å²) in [6.45, 7) is 22.6. The second kappa shape index (κ2) is 16.2. The Balaban J connectivity index is 0.000000301. The van der Waals surface area contributed by atoms with Crippen LogP contribution in [0.15, 0.2) is 72.6 Å². The molecule has 6 rings (SSSR count). The van der Waals surface area contributed by atoms with E-state index in [1.165, 1.54) is 60.7 Å². The number of allylic oxidation sites excluding steroid dienone is 2. The summed E-state index contributed by atoms with van der Waals surface area (Å²) in [5, 5.41) is 16.9. The number of aromatic nitrogens is 1. The molecule has 50 heavy (non-hydrogen) atoms. The largest absolute Gasteiger partial charge is 0.512 e. The summed E-state index contributed by atoms with van der Waals surface area (Å²) in [7, 11) is -3.32. The minimum atomic E-state index is -2.00. The van der Waals surface area contributed by atoms with E-state index in [2.05, 4.69) is 107 Å². The Bertz CT molecular complexity index is 1900. The number of rotatable bonds is 10. The summed E-state index contributed by atoms with van der Waals surface area (Å²) in [6.07, 6.45) is 9.39. The molecule has 4 aromatic rings. The molecule has 1 unspecified atom stereocenters. The third kappa shape index (κ3) is 7.65. The minimum absolute atomic E-state index is 0. The van der Waals surface area contributed by atoms with Crippen LogP contribution in [0.1, 0.15) is 95.4 Å². The summed E-state index contributed by atoms with van der Waals surface area (Å²) in [6, 6.07) is 25.5. The topological polar surface area (TPSA) is 50.2 Å². The minimum Gasteiger partial charge on any atom is -0.512 e. The first-order valence-electron chi connectivity index (χ1n) is 18.5. The molecule has 267 valence electrons. The molecule has 1 N–H and O–H groups in total. The van der Waals surface area contributed by atoms with E-state index in [4.69, 9.17) is 4.98 Å². The third-order valence-electron chi connectivity index (χ3n) is 11.0. The monoisotopic (exact) mass is 879 g/mol. The molecule has 2 aliphatic rings. The van der Waals surface area contributed by atoms with E-state index >= 15 is 0 Å². The molecule has 0 saturated carbocycles. The number of pyridine rings is 1. The van der Waals surface area contributed by atoms with Gasteiger partial charge in [0.25, 0.3) is 0 Å². The number of aliphatic hydroxyl groups is 1. The predicted molar refractivity (Wildman–Crippen MR) is 216 cm³/mol. The van der Waals surface area contributed by atoms with Crippen molar-refractivity contribution in [2.75, 3.05) is 0 Å². The van der Waals surface area contributed by atoms with Gasteiger partial charge in [-0.3, -0.25) is 9.78 Å². The molecule has 3 heterocycles. The predicted octanol–water partition coefficient (Wildman–Crippen LogP) is 10.7. The Morgan fingerprint density at radius 2 is 1.56 bits per heavy atom. The van der Waals surface area contributed by atoms with Crippen molar-refractivity contribution in [1.82, 2.24) is 4.98 Å². The fourth-order valence-electron chi connectivity index (χ4n) is 8.06. The van der Waals surface area contributed by atoms with Gasteiger partial charge in [-0.05, 0) is 54.0 Å². The molecule has 0 amide bonds. The summed E-state index contributed by atoms with van der Waals surface area (Å²) in [5.41, 5.74) is 8.20. The van der Waals surface area contributed by atoms with Crippen LogP contribution in [0, 0.1) is 17.9 Å². The fourth-order valence-corrected chi connectivity index (χ4v) is 13.7. The Labute approximate surface area is 317 Å². The number of benzene rings is 3. The number of nitrogens with zero attached hydrogens (tertiary/aromatic N) is 1. The van der Waals surface area contributed by atoms with Crippen molar-refractivity contribution in [3.8, 4) is 11.3 Å². The molecule has 6 heteroatoms. The summed E-state index contributed by atoms with van der Waals surface area (Å²) < 4.78 is 0. The maximum atomic E-state index is 11.7. The molecule has 0 aliphatic carbocycles. The number of hydrogen-bond donors (Lipinski definition) is 1. The summed E-state index contributed by atoms with van der Waals surface area (Å²) in [5.74, 6) is 1.01. The number of hydrogen-bond acceptors (Lipinski definition) is 3. The van der Waals surface area contributed by atoms with Crippen LogP contribution in [-0.2, 0) is 30.9 Å². The smallest absolute Gasteiger partial charge is 0.162 e. The maximum absolute atomic E-state index is 11.7. The van der Waals surface area contributed by atoms with Crippen molar-refractivity contribution < 1.29 is 30.0 Å². The Morgan fingerprint density at radius 3 is 2.14 bits per heavy atom. The van der Waals surface area contributed by atoms with Crippen LogP contribution in [0.5, 0.6) is 0 Å². The average molecular weight is 879 g/mol. The molecule has 0 saturated heterocycles. The Hall–Kier alpha value is -2.90. The number of ketones is 1. The van der Waals surface area contributed by atoms with Crippen molar-refractivity contribution in [3.05, 3.63) is 101 Å². The molecule has 3 aromatic carbocycles. The van der Waals surface area contributed by atoms with Crippen molar-refractivity contribution in [3.63, 3.8) is 0 Å². The van der Waals surface area contributed by atoms with Crippen LogP contribution >= 0.6 is 0 Å². The number of aliphatic hydroxyl groups excluding tert-OH is 1. The van der Waals surface area contributed by atoms with E-state index in [9.17, 15) is 9.90 Å². The van der Waals surface area contributed by atoms with Gasteiger partial charge in [0.05, 0.1) is 13.8 Å². The quantitative estimate of drug-likeness (QED) is 0.0747. The van der Waals surface area contributed by atoms with E-state index in [0.29, 0.717) is 5.92 Å². The number of carbonyl (C=O) groups is 1. The van der Waals surface area contributed by atoms with Crippen molar-refractivity contribution in [2.24, 2.45) is 11.8 Å². The van der Waals surface area contributed by atoms with Gasteiger partial charge in [0, 0.05) is 49.9 Å². The van der Waals surface area contributed by atoms with Gasteiger partial charge >= 0.3 is 0 Å². The van der Waals surface area contributed by atoms with Gasteiger partial charge in [-0.15, -0.1) is 28.6 Å². The van der Waals surface area contributed by atoms with E-state index < -0.39 is 16.1 Å². The normalized spacial score (nSPS) is 16.5. The second-order valence-corrected chi connectivity index (χ2v) is 24.7. The first-order chi connectivity index (χ1) is 23.3. The molecule has 0 fully saturated rings. The van der Waals surface area contributed by atoms with Gasteiger partial charge in [-0.25, -0.2) is 0 Å². The van der Waals surface area contributed by atoms with Crippen LogP contribution in [0.2, 0.25) is 26.2 Å². The molecule has 2 aliphatic heterocycles. The Morgan fingerprint density at radius 1 is 0.940 bits per heavy atom. The molecular formula is C44H56IrNO2Si2-. The van der Waals surface area contributed by atoms with Crippen molar-refractivity contribution in [1.29, 1.82) is 0 Å². The summed E-state index contributed by atoms with van der Waals surface area (Å²) in [4.78, 5) is 16.7. The zero-order valence-electron chi connectivity index (χ0n) is 31.8. The van der Waals surface area contributed by atoms with E-state index in [0.717, 1.165) is 31.7 Å². The van der Waals surface area contributed by atoms with E-state index in [-0.39, 0.29) is 43.5 Å². The zero-order valence-corrected chi connectivity index (χ0v) is 36.2. The average Bonchev–Trinajstić information content (AvgIpc) is 3.37. The maximum Gasteiger partial charge on any atom is 0.162 e. The molecule has 1 aromatic heterocycles. The van der Waals surface area contributed by atoms with Crippen LogP contribution in [-0.4, -0.2) is 32.0 Å². The van der Waals surface area contributed by atoms with Crippen molar-refractivity contribution in [2.45, 2.75) is 105 Å². The van der Waals surface area contributed by atoms with Gasteiger partial charge in [-0.2, -0.15) is 0 Å². The van der Waals surface area contributed by atoms with Crippen LogP contribution in [0.3, 0.4) is 0 Å². The van der Waals surface area contributed by atoms with E-state index in [1.807, 2.05) is 33.9 Å². The third-order valence-corrected chi connectivity index (χ3v) is 17.4. The first-order valence-corrected chi connectivity index (χ1v) is 24.7. The molecule has 0 spiro atoms. The number of fused-ring (bicyclic) bond motifs is 3. The standard InChI is InChI=1S/C31H32NSi2.C13H24O2.Ir/c1-20(2)29-25-10-8-7-9-22(25)17-26-27(29)19-34(6)28(18-23-15-16-32-30(26)31(23)34)21-11-13-24(14-12-21)33(3,4)5;1-5-10(6-2)12(14)9-13(15)11(7-3)8-4;/h7-16,18,20H,19H2,1-6H3;9-11,14H,5-8H2,1-4H3;/q-1;;/b;12-9-;. The molecule has 0 bridgehead atoms. The molecule has 3 nitrogen and oxygen atoms in total. The van der Waals surface area contributed by atoms with Gasteiger partial charge in [0.15, 0.2) is 5.78 Å².